The first kappa shape index (κ1) is 14.2. The van der Waals surface area contributed by atoms with Gasteiger partial charge in [0.05, 0.1) is 12.0 Å². The minimum Gasteiger partial charge on any atom is -0.454 e. The van der Waals surface area contributed by atoms with Gasteiger partial charge >= 0.3 is 0 Å². The second-order valence-electron chi connectivity index (χ2n) is 4.85. The second kappa shape index (κ2) is 6.37. The van der Waals surface area contributed by atoms with E-state index in [4.69, 9.17) is 25.8 Å². The van der Waals surface area contributed by atoms with E-state index in [0.29, 0.717) is 6.61 Å². The number of nitrogens with zero attached hydrogens (tertiary/aromatic N) is 1. The molecule has 1 atom stereocenters. The number of alkyl halides is 1. The Morgan fingerprint density at radius 1 is 1.38 bits per heavy atom. The molecule has 5 nitrogen and oxygen atoms in total. The first-order chi connectivity index (χ1) is 10.3. The molecule has 1 aliphatic rings. The molecule has 1 aromatic carbocycles. The second-order valence-corrected chi connectivity index (χ2v) is 5.47. The quantitative estimate of drug-likeness (QED) is 0.831. The third-order valence-corrected chi connectivity index (χ3v) is 3.70. The highest BCUT2D eigenvalue weighted by atomic mass is 35.5. The average molecular weight is 309 g/mol. The molecule has 0 amide bonds. The highest BCUT2D eigenvalue weighted by Gasteiger charge is 2.15. The first-order valence-electron chi connectivity index (χ1n) is 6.83. The van der Waals surface area contributed by atoms with Crippen LogP contribution >= 0.6 is 11.6 Å². The molecule has 0 saturated carbocycles. The number of ether oxygens (including phenoxy) is 3. The fourth-order valence-corrected chi connectivity index (χ4v) is 2.55. The standard InChI is InChI=1S/C15H17ClN2O3/c1-19-8-11(16)3-5-18-15-12-7-14-13(20-9-21-14)6-10(12)2-4-17-15/h2,4,6-7,11H,3,5,8-9H2,1H3,(H,17,18). The zero-order valence-electron chi connectivity index (χ0n) is 11.8. The van der Waals surface area contributed by atoms with E-state index >= 15 is 0 Å². The number of fused-ring (bicyclic) bond motifs is 2. The molecule has 0 fully saturated rings. The molecule has 0 spiro atoms. The summed E-state index contributed by atoms with van der Waals surface area (Å²) in [5.41, 5.74) is 0. The third kappa shape index (κ3) is 3.14. The number of anilines is 1. The molecule has 0 bridgehead atoms. The molecule has 0 saturated heterocycles. The van der Waals surface area contributed by atoms with Gasteiger partial charge in [-0.2, -0.15) is 0 Å². The molecule has 1 N–H and O–H groups in total. The van der Waals surface area contributed by atoms with E-state index in [2.05, 4.69) is 10.3 Å². The van der Waals surface area contributed by atoms with Crippen LogP contribution in [0.25, 0.3) is 10.8 Å². The molecular weight excluding hydrogens is 292 g/mol. The van der Waals surface area contributed by atoms with E-state index < -0.39 is 0 Å². The number of hydrogen-bond acceptors (Lipinski definition) is 5. The minimum absolute atomic E-state index is 0.00143. The van der Waals surface area contributed by atoms with Crippen LogP contribution in [0.3, 0.4) is 0 Å². The minimum atomic E-state index is -0.00143. The fourth-order valence-electron chi connectivity index (χ4n) is 2.31. The van der Waals surface area contributed by atoms with Crippen molar-refractivity contribution in [1.29, 1.82) is 0 Å². The van der Waals surface area contributed by atoms with Crippen molar-refractivity contribution in [2.75, 3.05) is 32.4 Å². The highest BCUT2D eigenvalue weighted by molar-refractivity contribution is 6.20. The molecule has 0 aliphatic carbocycles. The Hall–Kier alpha value is -1.72. The van der Waals surface area contributed by atoms with Crippen molar-refractivity contribution in [1.82, 2.24) is 4.98 Å². The number of rotatable bonds is 6. The number of nitrogens with one attached hydrogen (secondary N) is 1. The Balaban J connectivity index is 1.76. The van der Waals surface area contributed by atoms with Crippen LogP contribution < -0.4 is 14.8 Å². The van der Waals surface area contributed by atoms with Gasteiger partial charge < -0.3 is 19.5 Å². The largest absolute Gasteiger partial charge is 0.454 e. The smallest absolute Gasteiger partial charge is 0.231 e. The predicted molar refractivity (Wildman–Crippen MR) is 82.5 cm³/mol. The number of hydrogen-bond donors (Lipinski definition) is 1. The Labute approximate surface area is 128 Å². The van der Waals surface area contributed by atoms with Crippen LogP contribution in [0.1, 0.15) is 6.42 Å². The van der Waals surface area contributed by atoms with Crippen molar-refractivity contribution < 1.29 is 14.2 Å². The molecule has 0 radical (unpaired) electrons. The molecule has 1 aromatic heterocycles. The van der Waals surface area contributed by atoms with Crippen LogP contribution in [-0.4, -0.2) is 37.4 Å². The van der Waals surface area contributed by atoms with Gasteiger partial charge in [0, 0.05) is 25.2 Å². The van der Waals surface area contributed by atoms with E-state index in [0.717, 1.165) is 41.1 Å². The van der Waals surface area contributed by atoms with E-state index in [1.807, 2.05) is 18.2 Å². The van der Waals surface area contributed by atoms with Crippen molar-refractivity contribution in [3.05, 3.63) is 24.4 Å². The third-order valence-electron chi connectivity index (χ3n) is 3.36. The number of methoxy groups -OCH3 is 1. The summed E-state index contributed by atoms with van der Waals surface area (Å²) in [6.45, 7) is 1.55. The van der Waals surface area contributed by atoms with Crippen LogP contribution in [0, 0.1) is 0 Å². The fraction of sp³-hybridized carbons (Fsp3) is 0.400. The van der Waals surface area contributed by atoms with Crippen LogP contribution in [0.2, 0.25) is 0 Å². The topological polar surface area (TPSA) is 52.6 Å². The van der Waals surface area contributed by atoms with Gasteiger partial charge in [-0.1, -0.05) is 0 Å². The van der Waals surface area contributed by atoms with Crippen molar-refractivity contribution in [3.8, 4) is 11.5 Å². The normalized spacial score (nSPS) is 14.4. The summed E-state index contributed by atoms with van der Waals surface area (Å²) in [7, 11) is 1.65. The summed E-state index contributed by atoms with van der Waals surface area (Å²) >= 11 is 6.12. The van der Waals surface area contributed by atoms with E-state index in [-0.39, 0.29) is 12.2 Å². The van der Waals surface area contributed by atoms with Gasteiger partial charge in [0.1, 0.15) is 5.82 Å². The summed E-state index contributed by atoms with van der Waals surface area (Å²) in [6.07, 6.45) is 2.58. The van der Waals surface area contributed by atoms with Crippen molar-refractivity contribution >= 4 is 28.2 Å². The lowest BCUT2D eigenvalue weighted by molar-refractivity contribution is 0.174. The monoisotopic (exact) mass is 308 g/mol. The lowest BCUT2D eigenvalue weighted by atomic mass is 10.1. The maximum Gasteiger partial charge on any atom is 0.231 e. The lowest BCUT2D eigenvalue weighted by Gasteiger charge is -2.11. The number of pyridine rings is 1. The first-order valence-corrected chi connectivity index (χ1v) is 7.27. The summed E-state index contributed by atoms with van der Waals surface area (Å²) in [6, 6.07) is 5.89. The Morgan fingerprint density at radius 3 is 3.00 bits per heavy atom. The van der Waals surface area contributed by atoms with Gasteiger partial charge in [-0.15, -0.1) is 11.6 Å². The number of benzene rings is 1. The summed E-state index contributed by atoms with van der Waals surface area (Å²) < 4.78 is 15.8. The van der Waals surface area contributed by atoms with Crippen molar-refractivity contribution in [2.45, 2.75) is 11.8 Å². The van der Waals surface area contributed by atoms with Crippen LogP contribution in [0.5, 0.6) is 11.5 Å². The van der Waals surface area contributed by atoms with Crippen molar-refractivity contribution in [2.24, 2.45) is 0 Å². The average Bonchev–Trinajstić information content (AvgIpc) is 2.93. The van der Waals surface area contributed by atoms with Crippen LogP contribution in [0.4, 0.5) is 5.82 Å². The highest BCUT2D eigenvalue weighted by Crippen LogP contribution is 2.37. The molecule has 1 unspecified atom stereocenters. The molecule has 112 valence electrons. The SMILES string of the molecule is COCC(Cl)CCNc1nccc2cc3c(cc12)OCO3. The van der Waals surface area contributed by atoms with Gasteiger partial charge in [0.2, 0.25) is 6.79 Å². The van der Waals surface area contributed by atoms with Crippen LogP contribution in [-0.2, 0) is 4.74 Å². The maximum atomic E-state index is 6.12. The number of aromatic nitrogens is 1. The maximum absolute atomic E-state index is 6.12. The molecule has 1 aliphatic heterocycles. The van der Waals surface area contributed by atoms with Crippen molar-refractivity contribution in [3.63, 3.8) is 0 Å². The molecular formula is C15H17ClN2O3. The molecule has 6 heteroatoms. The van der Waals surface area contributed by atoms with Crippen LogP contribution in [0.15, 0.2) is 24.4 Å². The van der Waals surface area contributed by atoms with Gasteiger partial charge in [-0.3, -0.25) is 0 Å². The van der Waals surface area contributed by atoms with E-state index in [1.54, 1.807) is 13.3 Å². The molecule has 2 aromatic rings. The number of halogens is 1. The summed E-state index contributed by atoms with van der Waals surface area (Å²) in [5, 5.41) is 5.40. The molecule has 2 heterocycles. The van der Waals surface area contributed by atoms with Gasteiger partial charge in [-0.05, 0) is 30.0 Å². The summed E-state index contributed by atoms with van der Waals surface area (Å²) in [4.78, 5) is 4.39. The van der Waals surface area contributed by atoms with Gasteiger partial charge in [0.15, 0.2) is 11.5 Å². The lowest BCUT2D eigenvalue weighted by Crippen LogP contribution is -2.14. The molecule has 3 rings (SSSR count). The Kier molecular flexibility index (Phi) is 4.31. The van der Waals surface area contributed by atoms with E-state index in [1.165, 1.54) is 0 Å². The molecule has 21 heavy (non-hydrogen) atoms. The Morgan fingerprint density at radius 2 is 2.19 bits per heavy atom. The Bertz CT molecular complexity index is 636. The van der Waals surface area contributed by atoms with Gasteiger partial charge in [0.25, 0.3) is 0 Å². The van der Waals surface area contributed by atoms with Gasteiger partial charge in [-0.25, -0.2) is 4.98 Å². The predicted octanol–water partition coefficient (Wildman–Crippen LogP) is 3.02. The zero-order chi connectivity index (χ0) is 14.7. The summed E-state index contributed by atoms with van der Waals surface area (Å²) in [5.74, 6) is 2.36. The zero-order valence-corrected chi connectivity index (χ0v) is 12.5. The van der Waals surface area contributed by atoms with E-state index in [9.17, 15) is 0 Å².